The number of aromatic amines is 1. The van der Waals surface area contributed by atoms with E-state index in [1.807, 2.05) is 0 Å². The summed E-state index contributed by atoms with van der Waals surface area (Å²) in [6, 6.07) is 2.98. The first-order chi connectivity index (χ1) is 7.13. The van der Waals surface area contributed by atoms with Crippen molar-refractivity contribution in [3.8, 4) is 0 Å². The molecule has 0 spiro atoms. The molecule has 78 valence electrons. The zero-order valence-corrected chi connectivity index (χ0v) is 8.89. The lowest BCUT2D eigenvalue weighted by atomic mass is 10.2. The Hall–Kier alpha value is -1.53. The number of aromatic carboxylic acids is 1. The number of nitrogens with two attached hydrogens (primary N) is 1. The smallest absolute Gasteiger partial charge is 0.337 e. The fourth-order valence-electron chi connectivity index (χ4n) is 1.24. The second kappa shape index (κ2) is 3.56. The van der Waals surface area contributed by atoms with Gasteiger partial charge in [-0.05, 0) is 12.1 Å². The van der Waals surface area contributed by atoms with Gasteiger partial charge in [0.2, 0.25) is 4.80 Å². The van der Waals surface area contributed by atoms with Crippen LogP contribution in [0.3, 0.4) is 0 Å². The minimum atomic E-state index is -1.00. The lowest BCUT2D eigenvalue weighted by Crippen LogP contribution is -2.00. The summed E-state index contributed by atoms with van der Waals surface area (Å²) in [5.41, 5.74) is 0.733. The number of thiazole rings is 1. The van der Waals surface area contributed by atoms with Crippen molar-refractivity contribution >= 4 is 39.1 Å². The SMILES string of the molecule is N/N=c1\[nH]c2c(Cl)ccc(C(=O)O)c2s1. The highest BCUT2D eigenvalue weighted by Crippen LogP contribution is 2.26. The van der Waals surface area contributed by atoms with Crippen LogP contribution in [0.15, 0.2) is 17.2 Å². The number of hydrogen-bond donors (Lipinski definition) is 3. The number of carbonyl (C=O) groups is 1. The Balaban J connectivity index is 2.92. The van der Waals surface area contributed by atoms with E-state index in [1.54, 1.807) is 0 Å². The summed E-state index contributed by atoms with van der Waals surface area (Å²) in [7, 11) is 0. The third-order valence-electron chi connectivity index (χ3n) is 1.89. The van der Waals surface area contributed by atoms with E-state index in [1.165, 1.54) is 12.1 Å². The number of hydrogen-bond acceptors (Lipinski definition) is 4. The molecule has 0 unspecified atom stereocenters. The number of halogens is 1. The highest BCUT2D eigenvalue weighted by molar-refractivity contribution is 7.16. The highest BCUT2D eigenvalue weighted by atomic mass is 35.5. The molecular weight excluding hydrogens is 238 g/mol. The number of nitrogens with zero attached hydrogens (tertiary/aromatic N) is 1. The van der Waals surface area contributed by atoms with Crippen LogP contribution in [-0.2, 0) is 0 Å². The van der Waals surface area contributed by atoms with E-state index in [2.05, 4.69) is 10.1 Å². The Labute approximate surface area is 92.8 Å². The predicted octanol–water partition coefficient (Wildman–Crippen LogP) is 1.36. The fraction of sp³-hybridized carbons (Fsp3) is 0. The third kappa shape index (κ3) is 1.57. The largest absolute Gasteiger partial charge is 0.478 e. The first-order valence-electron chi connectivity index (χ1n) is 3.92. The molecule has 5 nitrogen and oxygen atoms in total. The topological polar surface area (TPSA) is 91.5 Å². The molecule has 0 amide bonds. The van der Waals surface area contributed by atoms with Crippen molar-refractivity contribution in [1.82, 2.24) is 4.98 Å². The van der Waals surface area contributed by atoms with Crippen LogP contribution >= 0.6 is 22.9 Å². The highest BCUT2D eigenvalue weighted by Gasteiger charge is 2.12. The molecule has 0 saturated heterocycles. The van der Waals surface area contributed by atoms with E-state index in [0.717, 1.165) is 11.3 Å². The lowest BCUT2D eigenvalue weighted by molar-refractivity contribution is 0.0699. The number of aromatic nitrogens is 1. The van der Waals surface area contributed by atoms with Crippen molar-refractivity contribution < 1.29 is 9.90 Å². The average molecular weight is 244 g/mol. The maximum Gasteiger partial charge on any atom is 0.337 e. The molecule has 1 heterocycles. The van der Waals surface area contributed by atoms with Crippen molar-refractivity contribution in [2.75, 3.05) is 0 Å². The average Bonchev–Trinajstić information content (AvgIpc) is 2.62. The predicted molar refractivity (Wildman–Crippen MR) is 57.9 cm³/mol. The van der Waals surface area contributed by atoms with Crippen LogP contribution in [0.4, 0.5) is 0 Å². The first-order valence-corrected chi connectivity index (χ1v) is 5.11. The van der Waals surface area contributed by atoms with Crippen molar-refractivity contribution in [1.29, 1.82) is 0 Å². The molecule has 4 N–H and O–H groups in total. The zero-order chi connectivity index (χ0) is 11.0. The first kappa shape index (κ1) is 10.0. The van der Waals surface area contributed by atoms with Gasteiger partial charge in [0.1, 0.15) is 0 Å². The van der Waals surface area contributed by atoms with Gasteiger partial charge in [-0.3, -0.25) is 0 Å². The van der Waals surface area contributed by atoms with Crippen LogP contribution in [0.1, 0.15) is 10.4 Å². The van der Waals surface area contributed by atoms with Crippen LogP contribution in [-0.4, -0.2) is 16.1 Å². The molecule has 0 atom stereocenters. The quantitative estimate of drug-likeness (QED) is 0.522. The maximum atomic E-state index is 10.9. The van der Waals surface area contributed by atoms with Crippen LogP contribution in [0.2, 0.25) is 5.02 Å². The number of carboxylic acid groups (broad SMARTS) is 1. The maximum absolute atomic E-state index is 10.9. The summed E-state index contributed by atoms with van der Waals surface area (Å²) in [5.74, 6) is 4.10. The summed E-state index contributed by atoms with van der Waals surface area (Å²) in [6.07, 6.45) is 0. The lowest BCUT2D eigenvalue weighted by Gasteiger charge is -1.97. The zero-order valence-electron chi connectivity index (χ0n) is 7.32. The van der Waals surface area contributed by atoms with Gasteiger partial charge < -0.3 is 15.9 Å². The fourth-order valence-corrected chi connectivity index (χ4v) is 2.43. The molecule has 7 heteroatoms. The summed E-state index contributed by atoms with van der Waals surface area (Å²) in [5, 5.41) is 12.8. The number of fused-ring (bicyclic) bond motifs is 1. The molecule has 0 aliphatic rings. The van der Waals surface area contributed by atoms with Crippen LogP contribution in [0, 0.1) is 0 Å². The van der Waals surface area contributed by atoms with Crippen molar-refractivity contribution in [2.24, 2.45) is 10.9 Å². The van der Waals surface area contributed by atoms with Crippen LogP contribution in [0.25, 0.3) is 10.2 Å². The summed E-state index contributed by atoms with van der Waals surface area (Å²) < 4.78 is 0.541. The molecule has 0 bridgehead atoms. The molecule has 0 fully saturated rings. The van der Waals surface area contributed by atoms with Gasteiger partial charge in [0.05, 0.1) is 20.8 Å². The molecule has 0 radical (unpaired) electrons. The minimum absolute atomic E-state index is 0.186. The Morgan fingerprint density at radius 1 is 1.60 bits per heavy atom. The second-order valence-electron chi connectivity index (χ2n) is 2.77. The summed E-state index contributed by atoms with van der Waals surface area (Å²) in [6.45, 7) is 0. The van der Waals surface area contributed by atoms with Crippen molar-refractivity contribution in [3.05, 3.63) is 27.5 Å². The van der Waals surface area contributed by atoms with Gasteiger partial charge in [0, 0.05) is 0 Å². The van der Waals surface area contributed by atoms with Gasteiger partial charge in [-0.25, -0.2) is 4.79 Å². The molecule has 2 aromatic rings. The number of H-pyrrole nitrogens is 1. The van der Waals surface area contributed by atoms with E-state index in [0.29, 0.717) is 20.0 Å². The van der Waals surface area contributed by atoms with Crippen LogP contribution < -0.4 is 10.6 Å². The van der Waals surface area contributed by atoms with Crippen molar-refractivity contribution in [3.63, 3.8) is 0 Å². The van der Waals surface area contributed by atoms with E-state index >= 15 is 0 Å². The van der Waals surface area contributed by atoms with Gasteiger partial charge in [-0.1, -0.05) is 22.9 Å². The molecule has 0 aliphatic heterocycles. The monoisotopic (exact) mass is 243 g/mol. The van der Waals surface area contributed by atoms with E-state index in [-0.39, 0.29) is 5.56 Å². The molecule has 1 aromatic heterocycles. The van der Waals surface area contributed by atoms with E-state index in [9.17, 15) is 4.79 Å². The van der Waals surface area contributed by atoms with Gasteiger partial charge in [-0.2, -0.15) is 5.10 Å². The van der Waals surface area contributed by atoms with Gasteiger partial charge in [0.25, 0.3) is 0 Å². The summed E-state index contributed by atoms with van der Waals surface area (Å²) in [4.78, 5) is 14.2. The Morgan fingerprint density at radius 2 is 2.33 bits per heavy atom. The Kier molecular flexibility index (Phi) is 2.37. The van der Waals surface area contributed by atoms with Crippen molar-refractivity contribution in [2.45, 2.75) is 0 Å². The van der Waals surface area contributed by atoms with Crippen LogP contribution in [0.5, 0.6) is 0 Å². The number of nitrogens with one attached hydrogen (secondary N) is 1. The second-order valence-corrected chi connectivity index (χ2v) is 4.17. The normalized spacial score (nSPS) is 12.2. The molecule has 15 heavy (non-hydrogen) atoms. The molecule has 0 saturated carbocycles. The van der Waals surface area contributed by atoms with Gasteiger partial charge in [0.15, 0.2) is 0 Å². The number of rotatable bonds is 1. The van der Waals surface area contributed by atoms with Gasteiger partial charge in [-0.15, -0.1) is 0 Å². The standard InChI is InChI=1S/C8H6ClN3O2S/c9-4-2-1-3(7(13)14)6-5(4)11-8(12-10)15-6/h1-2H,10H2,(H,11,12)(H,13,14). The third-order valence-corrected chi connectivity index (χ3v) is 3.23. The van der Waals surface area contributed by atoms with E-state index in [4.69, 9.17) is 22.6 Å². The molecule has 0 aliphatic carbocycles. The molecular formula is C8H6ClN3O2S. The minimum Gasteiger partial charge on any atom is -0.478 e. The van der Waals surface area contributed by atoms with Gasteiger partial charge >= 0.3 is 5.97 Å². The number of benzene rings is 1. The molecule has 1 aromatic carbocycles. The number of carboxylic acids is 1. The molecule has 2 rings (SSSR count). The van der Waals surface area contributed by atoms with E-state index < -0.39 is 5.97 Å². The summed E-state index contributed by atoms with van der Waals surface area (Å²) >= 11 is 7.06. The Bertz CT molecular complexity index is 601. The Morgan fingerprint density at radius 3 is 2.93 bits per heavy atom.